The topological polar surface area (TPSA) is 0 Å². The first kappa shape index (κ1) is 38.5. The Morgan fingerprint density at radius 3 is 1.19 bits per heavy atom. The lowest BCUT2D eigenvalue weighted by molar-refractivity contribution is 1.07. The first-order valence-electron chi connectivity index (χ1n) is 24.6. The van der Waals surface area contributed by atoms with Crippen LogP contribution in [0.1, 0.15) is 30.9 Å². The van der Waals surface area contributed by atoms with Gasteiger partial charge < -0.3 is 0 Å². The maximum Gasteiger partial charge on any atom is 0.0291 e. The van der Waals surface area contributed by atoms with Crippen LogP contribution in [0.5, 0.6) is 0 Å². The molecule has 16 rings (SSSR count). The van der Waals surface area contributed by atoms with Crippen molar-refractivity contribution in [3.05, 3.63) is 235 Å². The molecule has 0 fully saturated rings. The molecule has 14 aromatic rings. The lowest BCUT2D eigenvalue weighted by atomic mass is 9.75. The Bertz CT molecular complexity index is 4560. The lowest BCUT2D eigenvalue weighted by Crippen LogP contribution is -2.08. The summed E-state index contributed by atoms with van der Waals surface area (Å²) in [6.07, 6.45) is 7.34. The number of fused-ring (bicyclic) bond motifs is 9. The Kier molecular flexibility index (Phi) is 8.07. The van der Waals surface area contributed by atoms with Gasteiger partial charge in [0, 0.05) is 5.92 Å². The second kappa shape index (κ2) is 14.5. The van der Waals surface area contributed by atoms with E-state index in [1.165, 1.54) is 158 Å². The van der Waals surface area contributed by atoms with Gasteiger partial charge in [-0.25, -0.2) is 0 Å². The maximum absolute atomic E-state index is 2.56. The maximum atomic E-state index is 2.56. The minimum absolute atomic E-state index is 0.0719. The molecule has 320 valence electrons. The van der Waals surface area contributed by atoms with Crippen LogP contribution in [0.4, 0.5) is 0 Å². The molecule has 0 saturated heterocycles. The summed E-state index contributed by atoms with van der Waals surface area (Å²) in [4.78, 5) is 0. The van der Waals surface area contributed by atoms with Gasteiger partial charge in [-0.15, -0.1) is 0 Å². The van der Waals surface area contributed by atoms with Crippen LogP contribution in [-0.2, 0) is 0 Å². The molecule has 0 aliphatic heterocycles. The molecule has 0 spiro atoms. The third-order valence-corrected chi connectivity index (χ3v) is 15.7. The third-order valence-electron chi connectivity index (χ3n) is 15.7. The highest BCUT2D eigenvalue weighted by Crippen LogP contribution is 2.58. The van der Waals surface area contributed by atoms with E-state index in [1.54, 1.807) is 0 Å². The standard InChI is InChI=1S/C67H38.C2H6/c1-5-18-38(19-6-1)54-44-26-13-15-28-46(44)56(40-22-9-3-10-23-40)66-52-36-42-32-33-43-37-53-61-51(35-34-49-48-30-17-31-50(64(54)66)60(52)62(48)58(42)59(43)63(49)61)65-55(39-20-7-2-8-21-39)45-27-14-16-29-47(45)57(67(53)65)41-24-11-4-12-25-41;1-2/h1-37,48H;1-2H3. The van der Waals surface area contributed by atoms with E-state index >= 15 is 0 Å². The van der Waals surface area contributed by atoms with Gasteiger partial charge in [0.05, 0.1) is 0 Å². The van der Waals surface area contributed by atoms with E-state index < -0.39 is 0 Å². The predicted octanol–water partition coefficient (Wildman–Crippen LogP) is 18.7. The molecule has 69 heavy (non-hydrogen) atoms. The van der Waals surface area contributed by atoms with Crippen LogP contribution in [0.15, 0.2) is 218 Å². The average molecular weight is 873 g/mol. The van der Waals surface area contributed by atoms with Crippen molar-refractivity contribution in [3.8, 4) is 44.5 Å². The fourth-order valence-electron chi connectivity index (χ4n) is 13.3. The second-order valence-electron chi connectivity index (χ2n) is 18.8. The molecule has 0 heteroatoms. The highest BCUT2D eigenvalue weighted by molar-refractivity contribution is 6.45. The number of benzene rings is 12. The Balaban J connectivity index is 0.00000213. The van der Waals surface area contributed by atoms with Gasteiger partial charge in [0.2, 0.25) is 0 Å². The molecule has 0 nitrogen and oxygen atoms in total. The van der Waals surface area contributed by atoms with Crippen LogP contribution in [0, 0.1) is 0 Å². The molecule has 1 unspecified atom stereocenters. The predicted molar refractivity (Wildman–Crippen MR) is 299 cm³/mol. The van der Waals surface area contributed by atoms with Gasteiger partial charge in [0.25, 0.3) is 0 Å². The van der Waals surface area contributed by atoms with Gasteiger partial charge in [0.1, 0.15) is 0 Å². The van der Waals surface area contributed by atoms with Crippen molar-refractivity contribution in [1.29, 1.82) is 0 Å². The highest BCUT2D eigenvalue weighted by atomic mass is 14.4. The zero-order chi connectivity index (χ0) is 45.5. The van der Waals surface area contributed by atoms with Crippen LogP contribution in [-0.4, -0.2) is 0 Å². The molecule has 0 amide bonds. The van der Waals surface area contributed by atoms with Crippen LogP contribution in [0.3, 0.4) is 0 Å². The molecule has 0 bridgehead atoms. The first-order chi connectivity index (χ1) is 34.3. The average Bonchev–Trinajstić information content (AvgIpc) is 3.82. The van der Waals surface area contributed by atoms with E-state index in [-0.39, 0.29) is 5.92 Å². The molecular weight excluding hydrogens is 829 g/mol. The second-order valence-corrected chi connectivity index (χ2v) is 18.8. The molecule has 1 atom stereocenters. The smallest absolute Gasteiger partial charge is 0.0291 e. The largest absolute Gasteiger partial charge is 0.0726 e. The van der Waals surface area contributed by atoms with E-state index in [2.05, 4.69) is 224 Å². The number of hydrogen-bond donors (Lipinski definition) is 0. The van der Waals surface area contributed by atoms with Crippen molar-refractivity contribution in [3.63, 3.8) is 0 Å². The summed E-state index contributed by atoms with van der Waals surface area (Å²) in [6, 6.07) is 77.6. The molecule has 2 aliphatic rings. The van der Waals surface area contributed by atoms with Crippen molar-refractivity contribution in [2.75, 3.05) is 0 Å². The molecular formula is C69H44. The lowest BCUT2D eigenvalue weighted by Gasteiger charge is -2.27. The zero-order valence-corrected chi connectivity index (χ0v) is 38.4. The number of allylic oxidation sites excluding steroid dienone is 2. The van der Waals surface area contributed by atoms with Gasteiger partial charge in [-0.05, 0) is 170 Å². The summed E-state index contributed by atoms with van der Waals surface area (Å²) >= 11 is 0. The molecule has 0 radical (unpaired) electrons. The van der Waals surface area contributed by atoms with E-state index in [9.17, 15) is 0 Å². The van der Waals surface area contributed by atoms with Gasteiger partial charge in [-0.3, -0.25) is 0 Å². The Hall–Kier alpha value is -8.58. The van der Waals surface area contributed by atoms with Crippen LogP contribution in [0.2, 0.25) is 0 Å². The van der Waals surface area contributed by atoms with E-state index in [4.69, 9.17) is 0 Å². The van der Waals surface area contributed by atoms with Crippen molar-refractivity contribution < 1.29 is 0 Å². The Morgan fingerprint density at radius 1 is 0.290 bits per heavy atom. The van der Waals surface area contributed by atoms with Crippen molar-refractivity contribution in [2.45, 2.75) is 19.8 Å². The first-order valence-corrected chi connectivity index (χ1v) is 24.6. The van der Waals surface area contributed by atoms with E-state index in [0.29, 0.717) is 0 Å². The van der Waals surface area contributed by atoms with Crippen molar-refractivity contribution in [1.82, 2.24) is 0 Å². The van der Waals surface area contributed by atoms with Gasteiger partial charge in [0.15, 0.2) is 0 Å². The third kappa shape index (κ3) is 5.03. The highest BCUT2D eigenvalue weighted by Gasteiger charge is 2.34. The molecule has 14 aromatic carbocycles. The Labute approximate surface area is 400 Å². The SMILES string of the molecule is C1=CC2c3c4c(c5c(-c6ccccc6)c6ccccc6c(-c6ccccc6)c5c4cc4ccc5cc6c7c(-c8ccccc8)c8ccccc8c(-c8ccccc8)c7c7ccc2c(c76)c5c34)=C1.CC. The fourth-order valence-corrected chi connectivity index (χ4v) is 13.3. The van der Waals surface area contributed by atoms with Gasteiger partial charge in [-0.1, -0.05) is 226 Å². The van der Waals surface area contributed by atoms with Gasteiger partial charge >= 0.3 is 0 Å². The van der Waals surface area contributed by atoms with Crippen LogP contribution in [0.25, 0.3) is 148 Å². The summed E-state index contributed by atoms with van der Waals surface area (Å²) in [7, 11) is 0. The fraction of sp³-hybridized carbons (Fsp3) is 0.0435. The summed E-state index contributed by atoms with van der Waals surface area (Å²) in [6.45, 7) is 4.00. The molecule has 0 heterocycles. The minimum atomic E-state index is 0.0719. The number of hydrogen-bond acceptors (Lipinski definition) is 0. The minimum Gasteiger partial charge on any atom is -0.0726 e. The summed E-state index contributed by atoms with van der Waals surface area (Å²) in [5, 5.41) is 25.5. The van der Waals surface area contributed by atoms with Gasteiger partial charge in [-0.2, -0.15) is 0 Å². The summed E-state index contributed by atoms with van der Waals surface area (Å²) in [5.74, 6) is 0.0719. The molecule has 0 N–H and O–H groups in total. The monoisotopic (exact) mass is 872 g/mol. The summed E-state index contributed by atoms with van der Waals surface area (Å²) < 4.78 is 0. The molecule has 2 aliphatic carbocycles. The normalized spacial score (nSPS) is 13.9. The molecule has 0 aromatic heterocycles. The number of rotatable bonds is 4. The summed E-state index contributed by atoms with van der Waals surface area (Å²) in [5.41, 5.74) is 13.1. The van der Waals surface area contributed by atoms with E-state index in [0.717, 1.165) is 0 Å². The molecule has 0 saturated carbocycles. The van der Waals surface area contributed by atoms with Crippen molar-refractivity contribution in [2.24, 2.45) is 0 Å². The van der Waals surface area contributed by atoms with Crippen LogP contribution >= 0.6 is 0 Å². The van der Waals surface area contributed by atoms with Crippen LogP contribution < -0.4 is 5.22 Å². The van der Waals surface area contributed by atoms with Crippen molar-refractivity contribution >= 4 is 103 Å². The van der Waals surface area contributed by atoms with E-state index in [1.807, 2.05) is 13.8 Å². The zero-order valence-electron chi connectivity index (χ0n) is 38.4. The Morgan fingerprint density at radius 2 is 0.696 bits per heavy atom. The quantitative estimate of drug-likeness (QED) is 0.155.